The van der Waals surface area contributed by atoms with Gasteiger partial charge in [0.2, 0.25) is 5.91 Å². The lowest BCUT2D eigenvalue weighted by Gasteiger charge is -2.18. The normalized spacial score (nSPS) is 17.6. The van der Waals surface area contributed by atoms with Gasteiger partial charge in [0.05, 0.1) is 12.2 Å². The van der Waals surface area contributed by atoms with Crippen molar-refractivity contribution in [1.29, 1.82) is 0 Å². The number of halogens is 4. The molecule has 0 radical (unpaired) electrons. The maximum atomic E-state index is 12.9. The van der Waals surface area contributed by atoms with Crippen molar-refractivity contribution >= 4 is 35.8 Å². The second-order valence-corrected chi connectivity index (χ2v) is 7.80. The summed E-state index contributed by atoms with van der Waals surface area (Å²) in [7, 11) is 3.34. The topological polar surface area (TPSA) is 66.0 Å². The van der Waals surface area contributed by atoms with Crippen LogP contribution in [-0.2, 0) is 15.7 Å². The first-order valence-electron chi connectivity index (χ1n) is 10.1. The van der Waals surface area contributed by atoms with Crippen molar-refractivity contribution in [3.63, 3.8) is 0 Å². The molecular formula is C21H32F3IN4O2. The van der Waals surface area contributed by atoms with Gasteiger partial charge < -0.3 is 20.3 Å². The molecule has 0 saturated carbocycles. The number of alkyl halides is 3. The summed E-state index contributed by atoms with van der Waals surface area (Å²) in [6.45, 7) is 4.56. The van der Waals surface area contributed by atoms with Gasteiger partial charge in [-0.1, -0.05) is 25.1 Å². The number of carbonyl (C=O) groups is 1. The molecule has 1 aromatic carbocycles. The number of likely N-dealkylation sites (N-methyl/N-ethyl adjacent to an activating group) is 1. The molecule has 0 aliphatic carbocycles. The van der Waals surface area contributed by atoms with Crippen molar-refractivity contribution in [2.45, 2.75) is 31.9 Å². The maximum Gasteiger partial charge on any atom is 0.416 e. The minimum Gasteiger partial charge on any atom is -0.381 e. The van der Waals surface area contributed by atoms with Crippen molar-refractivity contribution in [3.05, 3.63) is 35.4 Å². The van der Waals surface area contributed by atoms with Crippen LogP contribution in [0, 0.1) is 5.92 Å². The highest BCUT2D eigenvalue weighted by molar-refractivity contribution is 14.0. The lowest BCUT2D eigenvalue weighted by atomic mass is 9.96. The molecule has 2 atom stereocenters. The van der Waals surface area contributed by atoms with Crippen LogP contribution >= 0.6 is 24.0 Å². The Kier molecular flexibility index (Phi) is 11.6. The third-order valence-electron chi connectivity index (χ3n) is 5.11. The van der Waals surface area contributed by atoms with Gasteiger partial charge in [0.15, 0.2) is 5.96 Å². The van der Waals surface area contributed by atoms with Crippen molar-refractivity contribution in [1.82, 2.24) is 15.5 Å². The van der Waals surface area contributed by atoms with E-state index in [4.69, 9.17) is 4.74 Å². The first kappa shape index (κ1) is 27.5. The minimum atomic E-state index is -4.35. The summed E-state index contributed by atoms with van der Waals surface area (Å²) >= 11 is 0. The molecule has 1 aliphatic rings. The van der Waals surface area contributed by atoms with E-state index in [2.05, 4.69) is 15.6 Å². The molecule has 0 spiro atoms. The van der Waals surface area contributed by atoms with Crippen LogP contribution in [0.4, 0.5) is 13.2 Å². The van der Waals surface area contributed by atoms with Crippen LogP contribution in [0.25, 0.3) is 0 Å². The van der Waals surface area contributed by atoms with E-state index in [9.17, 15) is 18.0 Å². The van der Waals surface area contributed by atoms with Crippen LogP contribution in [0.2, 0.25) is 0 Å². The fraction of sp³-hybridized carbons (Fsp3) is 0.619. The van der Waals surface area contributed by atoms with Crippen molar-refractivity contribution < 1.29 is 22.7 Å². The van der Waals surface area contributed by atoms with E-state index in [0.29, 0.717) is 43.6 Å². The average molecular weight is 556 g/mol. The average Bonchev–Trinajstić information content (AvgIpc) is 3.22. The van der Waals surface area contributed by atoms with Crippen LogP contribution in [0.5, 0.6) is 0 Å². The van der Waals surface area contributed by atoms with Gasteiger partial charge in [0.1, 0.15) is 6.54 Å². The zero-order valence-electron chi connectivity index (χ0n) is 18.2. The summed E-state index contributed by atoms with van der Waals surface area (Å²) in [6.07, 6.45) is -2.75. The molecule has 0 aromatic heterocycles. The molecule has 1 fully saturated rings. The van der Waals surface area contributed by atoms with Gasteiger partial charge in [-0.25, -0.2) is 4.99 Å². The first-order chi connectivity index (χ1) is 14.2. The molecule has 10 heteroatoms. The Bertz CT molecular complexity index is 723. The van der Waals surface area contributed by atoms with Crippen LogP contribution in [0.15, 0.2) is 29.3 Å². The first-order valence-corrected chi connectivity index (χ1v) is 10.1. The summed E-state index contributed by atoms with van der Waals surface area (Å²) in [6, 6.07) is 5.43. The van der Waals surface area contributed by atoms with E-state index in [1.807, 2.05) is 6.92 Å². The lowest BCUT2D eigenvalue weighted by Crippen LogP contribution is -2.41. The number of hydrogen-bond donors (Lipinski definition) is 2. The molecular weight excluding hydrogens is 524 g/mol. The Labute approximate surface area is 199 Å². The van der Waals surface area contributed by atoms with E-state index >= 15 is 0 Å². The predicted molar refractivity (Wildman–Crippen MR) is 126 cm³/mol. The molecule has 1 saturated heterocycles. The van der Waals surface area contributed by atoms with Gasteiger partial charge >= 0.3 is 6.18 Å². The summed E-state index contributed by atoms with van der Waals surface area (Å²) in [5.74, 6) is 0.740. The van der Waals surface area contributed by atoms with E-state index in [1.165, 1.54) is 17.0 Å². The standard InChI is InChI=1S/C21H31F3N4O2.HI/c1-15(17-5-4-6-18(11-17)21(22,23)24)7-9-25-20(27-13-19(29)28(2)3)26-12-16-8-10-30-14-16;/h4-6,11,15-16H,7-10,12-14H2,1-3H3,(H2,25,26,27);1H. The van der Waals surface area contributed by atoms with Crippen molar-refractivity contribution in [2.75, 3.05) is 46.9 Å². The van der Waals surface area contributed by atoms with Crippen LogP contribution < -0.4 is 10.6 Å². The number of nitrogens with zero attached hydrogens (tertiary/aromatic N) is 2. The van der Waals surface area contributed by atoms with Crippen molar-refractivity contribution in [3.8, 4) is 0 Å². The Morgan fingerprint density at radius 1 is 1.32 bits per heavy atom. The molecule has 176 valence electrons. The smallest absolute Gasteiger partial charge is 0.381 e. The second-order valence-electron chi connectivity index (χ2n) is 7.80. The summed E-state index contributed by atoms with van der Waals surface area (Å²) in [5.41, 5.74) is 0.00803. The number of nitrogens with one attached hydrogen (secondary N) is 2. The fourth-order valence-electron chi connectivity index (χ4n) is 3.04. The number of aliphatic imine (C=N–C) groups is 1. The van der Waals surface area contributed by atoms with Gasteiger partial charge in [0.25, 0.3) is 0 Å². The van der Waals surface area contributed by atoms with Crippen LogP contribution in [0.3, 0.4) is 0 Å². The third-order valence-corrected chi connectivity index (χ3v) is 5.11. The highest BCUT2D eigenvalue weighted by Crippen LogP contribution is 2.31. The van der Waals surface area contributed by atoms with Gasteiger partial charge in [-0.2, -0.15) is 13.2 Å². The number of carbonyl (C=O) groups excluding carboxylic acids is 1. The predicted octanol–water partition coefficient (Wildman–Crippen LogP) is 3.48. The molecule has 2 rings (SSSR count). The summed E-state index contributed by atoms with van der Waals surface area (Å²) in [5, 5.41) is 6.43. The number of amides is 1. The number of ether oxygens (including phenoxy) is 1. The van der Waals surface area contributed by atoms with Gasteiger partial charge in [-0.15, -0.1) is 24.0 Å². The van der Waals surface area contributed by atoms with E-state index in [1.54, 1.807) is 20.2 Å². The second kappa shape index (κ2) is 13.1. The number of rotatable bonds is 8. The SMILES string of the molecule is CC(CCNC(=NCC(=O)N(C)C)NCC1CCOC1)c1cccc(C(F)(F)F)c1.I. The lowest BCUT2D eigenvalue weighted by molar-refractivity contribution is -0.137. The van der Waals surface area contributed by atoms with E-state index in [0.717, 1.165) is 19.1 Å². The number of benzene rings is 1. The zero-order chi connectivity index (χ0) is 22.1. The van der Waals surface area contributed by atoms with Crippen LogP contribution in [0.1, 0.15) is 36.8 Å². The third kappa shape index (κ3) is 9.63. The molecule has 6 nitrogen and oxygen atoms in total. The molecule has 2 unspecified atom stereocenters. The highest BCUT2D eigenvalue weighted by atomic mass is 127. The van der Waals surface area contributed by atoms with E-state index < -0.39 is 11.7 Å². The molecule has 31 heavy (non-hydrogen) atoms. The quantitative estimate of drug-likeness (QED) is 0.293. The van der Waals surface area contributed by atoms with Gasteiger partial charge in [-0.05, 0) is 30.4 Å². The summed E-state index contributed by atoms with van der Waals surface area (Å²) in [4.78, 5) is 17.6. The monoisotopic (exact) mass is 556 g/mol. The van der Waals surface area contributed by atoms with Crippen LogP contribution in [-0.4, -0.2) is 63.7 Å². The Morgan fingerprint density at radius 2 is 2.06 bits per heavy atom. The molecule has 2 N–H and O–H groups in total. The maximum absolute atomic E-state index is 12.9. The largest absolute Gasteiger partial charge is 0.416 e. The molecule has 1 aromatic rings. The molecule has 1 amide bonds. The van der Waals surface area contributed by atoms with E-state index in [-0.39, 0.29) is 42.3 Å². The highest BCUT2D eigenvalue weighted by Gasteiger charge is 2.30. The Hall–Kier alpha value is -1.56. The van der Waals surface area contributed by atoms with Crippen molar-refractivity contribution in [2.24, 2.45) is 10.9 Å². The Balaban J connectivity index is 0.00000480. The Morgan fingerprint density at radius 3 is 2.68 bits per heavy atom. The summed E-state index contributed by atoms with van der Waals surface area (Å²) < 4.78 is 44.2. The van der Waals surface area contributed by atoms with Gasteiger partial charge in [-0.3, -0.25) is 4.79 Å². The molecule has 1 aliphatic heterocycles. The molecule has 1 heterocycles. The fourth-order valence-corrected chi connectivity index (χ4v) is 3.04. The zero-order valence-corrected chi connectivity index (χ0v) is 20.5. The molecule has 0 bridgehead atoms. The van der Waals surface area contributed by atoms with Gasteiger partial charge in [0, 0.05) is 39.7 Å². The number of guanidine groups is 1. The number of hydrogen-bond acceptors (Lipinski definition) is 3. The minimum absolute atomic E-state index is 0.